The summed E-state index contributed by atoms with van der Waals surface area (Å²) in [5.74, 6) is -0.137. The largest absolute Gasteiger partial charge is 0.470 e. The number of β-amino-alcohol motifs (C(OH)–C–C–N with tert-alkyl or cyclic N) is 1. The molecule has 4 atom stereocenters. The third-order valence-corrected chi connectivity index (χ3v) is 7.54. The van der Waals surface area contributed by atoms with Gasteiger partial charge in [-0.05, 0) is 56.5 Å². The summed E-state index contributed by atoms with van der Waals surface area (Å²) in [6.07, 6.45) is 2.42. The Morgan fingerprint density at radius 2 is 1.84 bits per heavy atom. The summed E-state index contributed by atoms with van der Waals surface area (Å²) >= 11 is 0. The number of imidazole rings is 1. The van der Waals surface area contributed by atoms with E-state index in [4.69, 9.17) is 18.7 Å². The van der Waals surface area contributed by atoms with E-state index in [1.807, 2.05) is 76.6 Å². The van der Waals surface area contributed by atoms with Crippen molar-refractivity contribution in [1.29, 1.82) is 0 Å². The molecule has 1 aliphatic heterocycles. The van der Waals surface area contributed by atoms with Crippen LogP contribution in [0.25, 0.3) is 5.69 Å². The van der Waals surface area contributed by atoms with Gasteiger partial charge in [0.25, 0.3) is 5.88 Å². The predicted molar refractivity (Wildman–Crippen MR) is 158 cm³/mol. The summed E-state index contributed by atoms with van der Waals surface area (Å²) in [5, 5.41) is 17.5. The van der Waals surface area contributed by atoms with E-state index in [0.29, 0.717) is 19.0 Å². The Kier molecular flexibility index (Phi) is 10.9. The number of carbonyl (C=O) groups is 2. The summed E-state index contributed by atoms with van der Waals surface area (Å²) in [4.78, 5) is 33.1. The highest BCUT2D eigenvalue weighted by Gasteiger charge is 2.43. The van der Waals surface area contributed by atoms with E-state index in [-0.39, 0.29) is 49.2 Å². The van der Waals surface area contributed by atoms with Gasteiger partial charge in [0.2, 0.25) is 11.8 Å². The maximum Gasteiger partial charge on any atom is 0.254 e. The minimum atomic E-state index is -0.823. The van der Waals surface area contributed by atoms with Crippen molar-refractivity contribution < 1.29 is 33.4 Å². The number of aromatic nitrogens is 3. The fourth-order valence-corrected chi connectivity index (χ4v) is 5.34. The maximum absolute atomic E-state index is 13.9. The molecule has 0 bridgehead atoms. The fraction of sp³-hybridized carbons (Fsp3) is 0.548. The molecule has 3 heterocycles. The average Bonchev–Trinajstić information content (AvgIpc) is 3.72. The Morgan fingerprint density at radius 3 is 2.44 bits per heavy atom. The van der Waals surface area contributed by atoms with Gasteiger partial charge in [-0.15, -0.1) is 0 Å². The summed E-state index contributed by atoms with van der Waals surface area (Å²) in [7, 11) is 0. The van der Waals surface area contributed by atoms with Gasteiger partial charge in [-0.2, -0.15) is 0 Å². The third-order valence-electron chi connectivity index (χ3n) is 7.54. The number of hydrogen-bond acceptors (Lipinski definition) is 9. The highest BCUT2D eigenvalue weighted by Crippen LogP contribution is 2.32. The zero-order valence-electron chi connectivity index (χ0n) is 25.7. The van der Waals surface area contributed by atoms with Crippen LogP contribution in [0.15, 0.2) is 47.2 Å². The molecule has 4 rings (SSSR count). The number of aryl methyl sites for hydroxylation is 1. The number of carbonyl (C=O) groups excluding carboxylic acids is 2. The fourth-order valence-electron chi connectivity index (χ4n) is 5.34. The van der Waals surface area contributed by atoms with E-state index in [0.717, 1.165) is 17.1 Å². The Bertz CT molecular complexity index is 1330. The zero-order chi connectivity index (χ0) is 31.1. The highest BCUT2D eigenvalue weighted by atomic mass is 16.7. The van der Waals surface area contributed by atoms with Crippen molar-refractivity contribution in [2.24, 2.45) is 5.92 Å². The minimum Gasteiger partial charge on any atom is -0.470 e. The van der Waals surface area contributed by atoms with Crippen molar-refractivity contribution >= 4 is 11.8 Å². The van der Waals surface area contributed by atoms with E-state index in [2.05, 4.69) is 15.5 Å². The number of amides is 2. The van der Waals surface area contributed by atoms with Gasteiger partial charge in [-0.3, -0.25) is 9.59 Å². The van der Waals surface area contributed by atoms with Crippen LogP contribution in [0.2, 0.25) is 0 Å². The van der Waals surface area contributed by atoms with Crippen LogP contribution in [0.4, 0.5) is 0 Å². The van der Waals surface area contributed by atoms with Crippen molar-refractivity contribution in [3.05, 3.63) is 59.9 Å². The summed E-state index contributed by atoms with van der Waals surface area (Å²) in [6, 6.07) is 8.29. The number of ether oxygens (including phenoxy) is 3. The highest BCUT2D eigenvalue weighted by molar-refractivity contribution is 5.91. The molecule has 1 aromatic carbocycles. The van der Waals surface area contributed by atoms with E-state index in [1.54, 1.807) is 12.3 Å². The second-order valence-electron chi connectivity index (χ2n) is 11.0. The van der Waals surface area contributed by atoms with E-state index >= 15 is 0 Å². The molecule has 1 saturated heterocycles. The Labute approximate surface area is 252 Å². The van der Waals surface area contributed by atoms with Gasteiger partial charge in [0.1, 0.15) is 24.4 Å². The number of hydrogen-bond donors (Lipinski definition) is 2. The van der Waals surface area contributed by atoms with Gasteiger partial charge in [0, 0.05) is 50.3 Å². The maximum atomic E-state index is 13.9. The van der Waals surface area contributed by atoms with Crippen LogP contribution in [-0.2, 0) is 19.1 Å². The third kappa shape index (κ3) is 7.81. The lowest BCUT2D eigenvalue weighted by Crippen LogP contribution is -2.48. The molecule has 0 spiro atoms. The SMILES string of the molecule is CCOC(COc1cc([C@@H](C(=O)N2C[C@H](O)C[C@H]2C(=O)N[C@@H](C)c2ccc(-n3ccnc3C)cc2)C(C)C)on1)OCC. The first kappa shape index (κ1) is 32.2. The lowest BCUT2D eigenvalue weighted by molar-refractivity contribution is -0.153. The van der Waals surface area contributed by atoms with E-state index in [9.17, 15) is 14.7 Å². The topological polar surface area (TPSA) is 141 Å². The molecule has 1 fully saturated rings. The molecule has 0 radical (unpaired) electrons. The molecule has 12 heteroatoms. The van der Waals surface area contributed by atoms with Gasteiger partial charge in [0.05, 0.1) is 12.1 Å². The summed E-state index contributed by atoms with van der Waals surface area (Å²) < 4.78 is 24.2. The molecule has 0 aliphatic carbocycles. The Morgan fingerprint density at radius 1 is 1.14 bits per heavy atom. The van der Waals surface area contributed by atoms with Gasteiger partial charge in [-0.25, -0.2) is 4.98 Å². The van der Waals surface area contributed by atoms with E-state index < -0.39 is 24.4 Å². The number of benzene rings is 1. The van der Waals surface area contributed by atoms with Crippen LogP contribution >= 0.6 is 0 Å². The van der Waals surface area contributed by atoms with Crippen LogP contribution in [0, 0.1) is 12.8 Å². The van der Waals surface area contributed by atoms with Gasteiger partial charge >= 0.3 is 0 Å². The van der Waals surface area contributed by atoms with Crippen LogP contribution < -0.4 is 10.1 Å². The molecular weight excluding hydrogens is 554 g/mol. The number of rotatable bonds is 14. The zero-order valence-corrected chi connectivity index (χ0v) is 25.7. The van der Waals surface area contributed by atoms with Crippen molar-refractivity contribution in [3.63, 3.8) is 0 Å². The molecule has 0 saturated carbocycles. The Hall–Kier alpha value is -3.74. The van der Waals surface area contributed by atoms with E-state index in [1.165, 1.54) is 4.90 Å². The number of aliphatic hydroxyl groups excluding tert-OH is 1. The van der Waals surface area contributed by atoms with Crippen molar-refractivity contribution in [2.75, 3.05) is 26.4 Å². The quantitative estimate of drug-likeness (QED) is 0.267. The normalized spacial score (nSPS) is 18.3. The molecule has 2 amide bonds. The summed E-state index contributed by atoms with van der Waals surface area (Å²) in [6.45, 7) is 12.4. The molecule has 3 aromatic rings. The first-order valence-corrected chi connectivity index (χ1v) is 14.8. The molecular formula is C31H43N5O7. The number of likely N-dealkylation sites (tertiary alicyclic amines) is 1. The Balaban J connectivity index is 1.43. The number of aliphatic hydroxyl groups is 1. The van der Waals surface area contributed by atoms with Crippen LogP contribution in [0.1, 0.15) is 70.1 Å². The lowest BCUT2D eigenvalue weighted by Gasteiger charge is -2.29. The van der Waals surface area contributed by atoms with Crippen molar-refractivity contribution in [2.45, 2.75) is 78.4 Å². The van der Waals surface area contributed by atoms with Gasteiger partial charge in [0.15, 0.2) is 12.1 Å². The molecule has 2 aromatic heterocycles. The van der Waals surface area contributed by atoms with Crippen molar-refractivity contribution in [3.8, 4) is 11.6 Å². The standard InChI is InChI=1S/C31H43N5O7/c1-7-40-28(41-8-2)18-42-27-16-26(43-34-27)29(19(3)4)31(39)36-17-24(37)15-25(36)30(38)33-20(5)22-9-11-23(12-10-22)35-14-13-32-21(35)6/h9-14,16,19-20,24-25,28-29,37H,7-8,15,17-18H2,1-6H3,(H,33,38)/t20-,24+,25-,29-/m0/s1. The lowest BCUT2D eigenvalue weighted by atomic mass is 9.91. The van der Waals surface area contributed by atoms with Crippen LogP contribution in [0.3, 0.4) is 0 Å². The monoisotopic (exact) mass is 597 g/mol. The molecule has 12 nitrogen and oxygen atoms in total. The molecule has 43 heavy (non-hydrogen) atoms. The first-order chi connectivity index (χ1) is 20.6. The first-order valence-electron chi connectivity index (χ1n) is 14.8. The second-order valence-corrected chi connectivity index (χ2v) is 11.0. The minimum absolute atomic E-state index is 0.0510. The average molecular weight is 598 g/mol. The molecule has 1 aliphatic rings. The summed E-state index contributed by atoms with van der Waals surface area (Å²) in [5.41, 5.74) is 1.88. The predicted octanol–water partition coefficient (Wildman–Crippen LogP) is 3.53. The number of nitrogens with one attached hydrogen (secondary N) is 1. The molecule has 0 unspecified atom stereocenters. The number of nitrogens with zero attached hydrogens (tertiary/aromatic N) is 4. The van der Waals surface area contributed by atoms with Crippen LogP contribution in [0.5, 0.6) is 5.88 Å². The van der Waals surface area contributed by atoms with Gasteiger partial charge in [-0.1, -0.05) is 26.0 Å². The van der Waals surface area contributed by atoms with Crippen molar-refractivity contribution in [1.82, 2.24) is 24.9 Å². The molecule has 234 valence electrons. The van der Waals surface area contributed by atoms with Gasteiger partial charge < -0.3 is 38.6 Å². The molecule has 2 N–H and O–H groups in total. The smallest absolute Gasteiger partial charge is 0.254 e. The second kappa shape index (κ2) is 14.6. The van der Waals surface area contributed by atoms with Crippen LogP contribution in [-0.4, -0.2) is 81.3 Å².